The zero-order valence-electron chi connectivity index (χ0n) is 5.63. The van der Waals surface area contributed by atoms with E-state index in [0.717, 1.165) is 0 Å². The smallest absolute Gasteiger partial charge is 0.435 e. The van der Waals surface area contributed by atoms with Crippen LogP contribution in [0.4, 0.5) is 0 Å². The molecule has 0 heterocycles. The third-order valence-electron chi connectivity index (χ3n) is 0.469. The number of hydrogen-bond donors (Lipinski definition) is 2. The fraction of sp³-hybridized carbons (Fsp3) is 0.750. The van der Waals surface area contributed by atoms with E-state index in [9.17, 15) is 4.79 Å². The number of ether oxygens (including phenoxy) is 1. The van der Waals surface area contributed by atoms with Crippen LogP contribution in [0.5, 0.6) is 0 Å². The molecule has 48 valence electrons. The molecule has 9 heavy (non-hydrogen) atoms. The second-order valence-corrected chi connectivity index (χ2v) is 1.29. The Morgan fingerprint density at radius 3 is 2.44 bits per heavy atom. The molecule has 0 radical (unpaired) electrons. The van der Waals surface area contributed by atoms with E-state index in [2.05, 4.69) is 4.74 Å². The standard InChI is InChI=1S/C4H9NO3.Na/c1-3(6)8-4(7)2-5;/h3,6H,2,5H2,1H3;/q;+1. The summed E-state index contributed by atoms with van der Waals surface area (Å²) in [6.07, 6.45) is -1.05. The molecule has 0 aliphatic rings. The Morgan fingerprint density at radius 2 is 2.33 bits per heavy atom. The summed E-state index contributed by atoms with van der Waals surface area (Å²) in [6.45, 7) is 1.15. The molecular weight excluding hydrogens is 133 g/mol. The van der Waals surface area contributed by atoms with Gasteiger partial charge >= 0.3 is 35.5 Å². The number of carbonyl (C=O) groups is 1. The molecule has 5 heteroatoms. The van der Waals surface area contributed by atoms with Crippen LogP contribution in [0.3, 0.4) is 0 Å². The summed E-state index contributed by atoms with van der Waals surface area (Å²) in [5.74, 6) is -0.597. The van der Waals surface area contributed by atoms with Gasteiger partial charge in [0.1, 0.15) is 0 Å². The first-order chi connectivity index (χ1) is 3.66. The number of aliphatic hydroxyl groups is 1. The monoisotopic (exact) mass is 142 g/mol. The number of nitrogens with two attached hydrogens (primary N) is 1. The fourth-order valence-electron chi connectivity index (χ4n) is 0.238. The van der Waals surface area contributed by atoms with Gasteiger partial charge in [-0.2, -0.15) is 0 Å². The molecule has 0 saturated heterocycles. The first-order valence-corrected chi connectivity index (χ1v) is 2.24. The maximum absolute atomic E-state index is 10.1. The normalized spacial score (nSPS) is 11.4. The van der Waals surface area contributed by atoms with Gasteiger partial charge in [0.15, 0.2) is 6.29 Å². The van der Waals surface area contributed by atoms with Gasteiger partial charge in [-0.3, -0.25) is 4.79 Å². The third-order valence-corrected chi connectivity index (χ3v) is 0.469. The Labute approximate surface area is 75.7 Å². The van der Waals surface area contributed by atoms with Crippen LogP contribution in [0.1, 0.15) is 6.92 Å². The van der Waals surface area contributed by atoms with Crippen molar-refractivity contribution in [3.8, 4) is 0 Å². The summed E-state index contributed by atoms with van der Waals surface area (Å²) in [7, 11) is 0. The van der Waals surface area contributed by atoms with Gasteiger partial charge in [-0.15, -0.1) is 0 Å². The second kappa shape index (κ2) is 6.51. The predicted molar refractivity (Wildman–Crippen MR) is 26.8 cm³/mol. The molecular formula is C4H9NNaO3+. The van der Waals surface area contributed by atoms with Crippen molar-refractivity contribution in [2.75, 3.05) is 6.54 Å². The van der Waals surface area contributed by atoms with E-state index < -0.39 is 12.3 Å². The van der Waals surface area contributed by atoms with Crippen LogP contribution in [0.15, 0.2) is 0 Å². The van der Waals surface area contributed by atoms with Crippen molar-refractivity contribution in [3.05, 3.63) is 0 Å². The molecule has 1 atom stereocenters. The van der Waals surface area contributed by atoms with Gasteiger partial charge < -0.3 is 15.6 Å². The minimum Gasteiger partial charge on any atom is -0.435 e. The number of carbonyl (C=O) groups excluding carboxylic acids is 1. The van der Waals surface area contributed by atoms with Crippen LogP contribution in [0.25, 0.3) is 0 Å². The molecule has 0 amide bonds. The average Bonchev–Trinajstić information content (AvgIpc) is 1.65. The van der Waals surface area contributed by atoms with Crippen molar-refractivity contribution in [3.63, 3.8) is 0 Å². The van der Waals surface area contributed by atoms with Crippen molar-refractivity contribution < 1.29 is 44.2 Å². The van der Waals surface area contributed by atoms with Gasteiger partial charge in [0, 0.05) is 0 Å². The Bertz CT molecular complexity index is 85.9. The van der Waals surface area contributed by atoms with Gasteiger partial charge in [0.25, 0.3) is 0 Å². The van der Waals surface area contributed by atoms with E-state index >= 15 is 0 Å². The van der Waals surface area contributed by atoms with Crippen LogP contribution in [-0.4, -0.2) is 23.9 Å². The Hall–Kier alpha value is 0.390. The van der Waals surface area contributed by atoms with Crippen molar-refractivity contribution in [1.29, 1.82) is 0 Å². The molecule has 0 aromatic heterocycles. The first kappa shape index (κ1) is 12.1. The van der Waals surface area contributed by atoms with Crippen molar-refractivity contribution in [2.45, 2.75) is 13.2 Å². The number of aliphatic hydroxyl groups excluding tert-OH is 1. The van der Waals surface area contributed by atoms with Crippen LogP contribution in [-0.2, 0) is 9.53 Å². The summed E-state index contributed by atoms with van der Waals surface area (Å²) in [5, 5.41) is 8.36. The van der Waals surface area contributed by atoms with Crippen molar-refractivity contribution in [1.82, 2.24) is 0 Å². The second-order valence-electron chi connectivity index (χ2n) is 1.29. The largest absolute Gasteiger partial charge is 1.00 e. The molecule has 0 aromatic carbocycles. The molecule has 0 bridgehead atoms. The molecule has 0 rings (SSSR count). The van der Waals surface area contributed by atoms with Crippen LogP contribution < -0.4 is 35.3 Å². The van der Waals surface area contributed by atoms with E-state index in [4.69, 9.17) is 10.8 Å². The zero-order chi connectivity index (χ0) is 6.57. The maximum atomic E-state index is 10.1. The predicted octanol–water partition coefficient (Wildman–Crippen LogP) is -4.17. The van der Waals surface area contributed by atoms with Crippen molar-refractivity contribution >= 4 is 5.97 Å². The topological polar surface area (TPSA) is 72.5 Å². The van der Waals surface area contributed by atoms with Crippen LogP contribution in [0.2, 0.25) is 0 Å². The molecule has 0 aliphatic heterocycles. The van der Waals surface area contributed by atoms with E-state index in [0.29, 0.717) is 0 Å². The van der Waals surface area contributed by atoms with Crippen LogP contribution in [0, 0.1) is 0 Å². The Kier molecular flexibility index (Phi) is 8.75. The average molecular weight is 142 g/mol. The zero-order valence-corrected chi connectivity index (χ0v) is 7.63. The minimum atomic E-state index is -1.05. The van der Waals surface area contributed by atoms with Crippen LogP contribution >= 0.6 is 0 Å². The first-order valence-electron chi connectivity index (χ1n) is 2.24. The van der Waals surface area contributed by atoms with E-state index in [1.54, 1.807) is 0 Å². The van der Waals surface area contributed by atoms with Gasteiger partial charge in [0.2, 0.25) is 0 Å². The quantitative estimate of drug-likeness (QED) is 0.233. The van der Waals surface area contributed by atoms with Gasteiger partial charge in [-0.05, 0) is 6.92 Å². The summed E-state index contributed by atoms with van der Waals surface area (Å²) in [4.78, 5) is 10.1. The van der Waals surface area contributed by atoms with E-state index in [-0.39, 0.29) is 36.1 Å². The summed E-state index contributed by atoms with van der Waals surface area (Å²) in [5.41, 5.74) is 4.83. The number of hydrogen-bond acceptors (Lipinski definition) is 4. The van der Waals surface area contributed by atoms with Gasteiger partial charge in [0.05, 0.1) is 6.54 Å². The SMILES string of the molecule is CC(O)OC(=O)CN.[Na+]. The Morgan fingerprint density at radius 1 is 1.89 bits per heavy atom. The summed E-state index contributed by atoms with van der Waals surface area (Å²) < 4.78 is 4.19. The summed E-state index contributed by atoms with van der Waals surface area (Å²) in [6, 6.07) is 0. The van der Waals surface area contributed by atoms with E-state index in [1.165, 1.54) is 6.92 Å². The summed E-state index contributed by atoms with van der Waals surface area (Å²) >= 11 is 0. The minimum absolute atomic E-state index is 0. The van der Waals surface area contributed by atoms with Gasteiger partial charge in [-0.1, -0.05) is 0 Å². The molecule has 3 N–H and O–H groups in total. The molecule has 0 saturated carbocycles. The molecule has 0 aromatic rings. The fourth-order valence-corrected chi connectivity index (χ4v) is 0.238. The number of rotatable bonds is 2. The molecule has 0 spiro atoms. The molecule has 0 aliphatic carbocycles. The number of esters is 1. The van der Waals surface area contributed by atoms with Crippen molar-refractivity contribution in [2.24, 2.45) is 5.73 Å². The molecule has 0 fully saturated rings. The molecule has 1 unspecified atom stereocenters. The third kappa shape index (κ3) is 8.39. The maximum Gasteiger partial charge on any atom is 1.00 e. The van der Waals surface area contributed by atoms with Gasteiger partial charge in [-0.25, -0.2) is 0 Å². The molecule has 4 nitrogen and oxygen atoms in total. The van der Waals surface area contributed by atoms with E-state index in [1.807, 2.05) is 0 Å². The Balaban J connectivity index is 0.